The Morgan fingerprint density at radius 1 is 0.969 bits per heavy atom. The van der Waals surface area contributed by atoms with Crippen molar-refractivity contribution in [1.82, 2.24) is 4.67 Å². The van der Waals surface area contributed by atoms with Crippen LogP contribution in [0.1, 0.15) is 65.4 Å². The Bertz CT molecular complexity index is 1010. The van der Waals surface area contributed by atoms with Gasteiger partial charge in [-0.1, -0.05) is 24.3 Å². The van der Waals surface area contributed by atoms with Gasteiger partial charge >= 0.3 is 0 Å². The highest BCUT2D eigenvalue weighted by molar-refractivity contribution is 7.56. The summed E-state index contributed by atoms with van der Waals surface area (Å²) in [7, 11) is -0.330. The summed E-state index contributed by atoms with van der Waals surface area (Å²) >= 11 is 0. The highest BCUT2D eigenvalue weighted by Crippen LogP contribution is 2.56. The number of nitriles is 2. The average Bonchev–Trinajstić information content (AvgIpc) is 3.03. The van der Waals surface area contributed by atoms with E-state index in [-0.39, 0.29) is 8.07 Å². The van der Waals surface area contributed by atoms with Crippen LogP contribution >= 0.6 is 8.07 Å². The van der Waals surface area contributed by atoms with E-state index in [2.05, 4.69) is 73.7 Å². The lowest BCUT2D eigenvalue weighted by Gasteiger charge is -2.48. The first-order chi connectivity index (χ1) is 15.5. The molecular formula is C27H35N4P. The van der Waals surface area contributed by atoms with E-state index in [1.807, 2.05) is 12.1 Å². The first-order valence-electron chi connectivity index (χ1n) is 12.1. The summed E-state index contributed by atoms with van der Waals surface area (Å²) in [5.41, 5.74) is 2.76. The van der Waals surface area contributed by atoms with Gasteiger partial charge < -0.3 is 4.90 Å². The molecular weight excluding hydrogens is 411 g/mol. The molecule has 4 nitrogen and oxygen atoms in total. The van der Waals surface area contributed by atoms with Gasteiger partial charge in [0, 0.05) is 47.0 Å². The largest absolute Gasteiger partial charge is 0.365 e. The van der Waals surface area contributed by atoms with Crippen molar-refractivity contribution in [2.24, 2.45) is 0 Å². The molecule has 0 saturated carbocycles. The minimum Gasteiger partial charge on any atom is -0.365 e. The molecule has 0 radical (unpaired) electrons. The second-order valence-corrected chi connectivity index (χ2v) is 12.4. The van der Waals surface area contributed by atoms with Gasteiger partial charge in [0.05, 0.1) is 17.7 Å². The maximum atomic E-state index is 9.57. The van der Waals surface area contributed by atoms with Crippen molar-refractivity contribution >= 4 is 24.5 Å². The standard InChI is InChI=1S/C27H35N4P/c1-19(2)31(20(3)4)32(15-7-14-28)24-16-22-11-12-23(17-24)30(22)27-13-10-21(18-29)25-8-5-6-9-26(25)27/h5-6,8-10,13,19-20,22-24H,7,11-12,15-17H2,1-4H3. The van der Waals surface area contributed by atoms with Crippen LogP contribution in [0.4, 0.5) is 5.69 Å². The number of benzene rings is 2. The van der Waals surface area contributed by atoms with Crippen LogP contribution < -0.4 is 4.90 Å². The number of fused-ring (bicyclic) bond motifs is 3. The van der Waals surface area contributed by atoms with Gasteiger partial charge in [-0.05, 0) is 85.4 Å². The van der Waals surface area contributed by atoms with Crippen LogP contribution in [0.15, 0.2) is 36.4 Å². The molecule has 2 aliphatic heterocycles. The fourth-order valence-electron chi connectivity index (χ4n) is 6.23. The molecule has 0 amide bonds. The molecule has 0 spiro atoms. The Balaban J connectivity index is 1.65. The Hall–Kier alpha value is -2.13. The minimum atomic E-state index is -0.330. The van der Waals surface area contributed by atoms with E-state index in [1.54, 1.807) is 0 Å². The number of piperidine rings is 1. The van der Waals surface area contributed by atoms with Crippen molar-refractivity contribution in [1.29, 1.82) is 10.5 Å². The normalized spacial score (nSPS) is 23.7. The fourth-order valence-corrected chi connectivity index (χ4v) is 9.69. The molecule has 0 N–H and O–H groups in total. The number of nitrogens with zero attached hydrogens (tertiary/aromatic N) is 4. The number of anilines is 1. The third-order valence-electron chi connectivity index (χ3n) is 7.24. The Morgan fingerprint density at radius 3 is 2.16 bits per heavy atom. The predicted molar refractivity (Wildman–Crippen MR) is 135 cm³/mol. The molecule has 5 heteroatoms. The van der Waals surface area contributed by atoms with E-state index in [0.717, 1.165) is 17.1 Å². The van der Waals surface area contributed by atoms with Crippen molar-refractivity contribution in [3.63, 3.8) is 0 Å². The van der Waals surface area contributed by atoms with Gasteiger partial charge in [0.25, 0.3) is 0 Å². The van der Waals surface area contributed by atoms with Crippen LogP contribution in [0.2, 0.25) is 0 Å². The molecule has 3 unspecified atom stereocenters. The summed E-state index contributed by atoms with van der Waals surface area (Å²) < 4.78 is 2.73. The van der Waals surface area contributed by atoms with Gasteiger partial charge in [0.2, 0.25) is 0 Å². The second-order valence-electron chi connectivity index (χ2n) is 9.85. The van der Waals surface area contributed by atoms with Gasteiger partial charge in [-0.3, -0.25) is 4.67 Å². The molecule has 2 aromatic carbocycles. The van der Waals surface area contributed by atoms with Gasteiger partial charge in [-0.25, -0.2) is 0 Å². The van der Waals surface area contributed by atoms with Gasteiger partial charge in [0.1, 0.15) is 0 Å². The smallest absolute Gasteiger partial charge is 0.0998 e. The van der Waals surface area contributed by atoms with Gasteiger partial charge in [-0.2, -0.15) is 10.5 Å². The number of hydrogen-bond donors (Lipinski definition) is 0. The van der Waals surface area contributed by atoms with E-state index >= 15 is 0 Å². The first-order valence-corrected chi connectivity index (χ1v) is 13.6. The van der Waals surface area contributed by atoms with Gasteiger partial charge in [0.15, 0.2) is 0 Å². The van der Waals surface area contributed by atoms with Crippen LogP contribution in [0, 0.1) is 22.7 Å². The molecule has 32 heavy (non-hydrogen) atoms. The maximum Gasteiger partial charge on any atom is 0.0998 e. The summed E-state index contributed by atoms with van der Waals surface area (Å²) in [6, 6.07) is 19.5. The van der Waals surface area contributed by atoms with Crippen LogP contribution in [0.3, 0.4) is 0 Å². The lowest BCUT2D eigenvalue weighted by Crippen LogP contribution is -2.47. The summed E-state index contributed by atoms with van der Waals surface area (Å²) in [5.74, 6) is 0. The van der Waals surface area contributed by atoms with E-state index < -0.39 is 0 Å². The van der Waals surface area contributed by atoms with Crippen molar-refractivity contribution in [2.75, 3.05) is 11.1 Å². The van der Waals surface area contributed by atoms with E-state index in [4.69, 9.17) is 0 Å². The van der Waals surface area contributed by atoms with Crippen LogP contribution in [-0.2, 0) is 0 Å². The Labute approximate surface area is 194 Å². The molecule has 3 atom stereocenters. The molecule has 2 aromatic rings. The molecule has 2 bridgehead atoms. The fraction of sp³-hybridized carbons (Fsp3) is 0.556. The van der Waals surface area contributed by atoms with Crippen molar-refractivity contribution < 1.29 is 0 Å². The first kappa shape index (κ1) is 23.0. The molecule has 2 heterocycles. The third kappa shape index (κ3) is 4.24. The van der Waals surface area contributed by atoms with E-state index in [1.165, 1.54) is 36.8 Å². The molecule has 2 saturated heterocycles. The average molecular weight is 447 g/mol. The second kappa shape index (κ2) is 9.79. The third-order valence-corrected chi connectivity index (χ3v) is 10.7. The van der Waals surface area contributed by atoms with Gasteiger partial charge in [-0.15, -0.1) is 0 Å². The maximum absolute atomic E-state index is 9.57. The molecule has 2 fully saturated rings. The minimum absolute atomic E-state index is 0.330. The molecule has 0 aliphatic carbocycles. The number of hydrogen-bond acceptors (Lipinski definition) is 4. The van der Waals surface area contributed by atoms with Crippen molar-refractivity contribution in [2.45, 2.75) is 89.6 Å². The SMILES string of the molecule is CC(C)N(C(C)C)P(CCC#N)C1CC2CCC(C1)N2c1ccc(C#N)c2ccccc12. The van der Waals surface area contributed by atoms with Crippen LogP contribution in [0.25, 0.3) is 10.8 Å². The summed E-state index contributed by atoms with van der Waals surface area (Å²) in [6.07, 6.45) is 6.64. The Kier molecular flexibility index (Phi) is 7.05. The van der Waals surface area contributed by atoms with Crippen LogP contribution in [-0.4, -0.2) is 40.7 Å². The lowest BCUT2D eigenvalue weighted by molar-refractivity contribution is 0.313. The summed E-state index contributed by atoms with van der Waals surface area (Å²) in [6.45, 7) is 9.26. The lowest BCUT2D eigenvalue weighted by atomic mass is 9.97. The molecule has 4 rings (SSSR count). The summed E-state index contributed by atoms with van der Waals surface area (Å²) in [5, 5.41) is 21.2. The van der Waals surface area contributed by atoms with E-state index in [9.17, 15) is 10.5 Å². The quantitative estimate of drug-likeness (QED) is 0.447. The predicted octanol–water partition coefficient (Wildman–Crippen LogP) is 6.64. The van der Waals surface area contributed by atoms with Crippen molar-refractivity contribution in [3.8, 4) is 12.1 Å². The van der Waals surface area contributed by atoms with E-state index in [0.29, 0.717) is 36.2 Å². The molecule has 2 aliphatic rings. The summed E-state index contributed by atoms with van der Waals surface area (Å²) in [4.78, 5) is 2.69. The molecule has 0 aromatic heterocycles. The highest BCUT2D eigenvalue weighted by Gasteiger charge is 2.45. The monoisotopic (exact) mass is 446 g/mol. The zero-order valence-corrected chi connectivity index (χ0v) is 20.7. The Morgan fingerprint density at radius 2 is 1.59 bits per heavy atom. The molecule has 168 valence electrons. The zero-order chi connectivity index (χ0) is 22.8. The zero-order valence-electron chi connectivity index (χ0n) is 19.8. The van der Waals surface area contributed by atoms with Crippen LogP contribution in [0.5, 0.6) is 0 Å². The number of rotatable bonds is 7. The highest BCUT2D eigenvalue weighted by atomic mass is 31.1. The topological polar surface area (TPSA) is 54.1 Å². The van der Waals surface area contributed by atoms with Crippen molar-refractivity contribution in [3.05, 3.63) is 42.0 Å².